The maximum Gasteiger partial charge on any atom is 0.222 e. The van der Waals surface area contributed by atoms with Crippen molar-refractivity contribution in [3.05, 3.63) is 51.4 Å². The molecule has 0 aliphatic carbocycles. The van der Waals surface area contributed by atoms with Gasteiger partial charge in [-0.05, 0) is 24.3 Å². The molecule has 0 bridgehead atoms. The maximum atomic E-state index is 13.4. The predicted molar refractivity (Wildman–Crippen MR) is 92.4 cm³/mol. The molecule has 4 nitrogen and oxygen atoms in total. The first-order valence-electron chi connectivity index (χ1n) is 7.37. The van der Waals surface area contributed by atoms with Gasteiger partial charge < -0.3 is 9.64 Å². The minimum atomic E-state index is -0.438. The van der Waals surface area contributed by atoms with Crippen LogP contribution in [0.3, 0.4) is 0 Å². The molecular weight excluding hydrogens is 353 g/mol. The van der Waals surface area contributed by atoms with Gasteiger partial charge in [-0.15, -0.1) is 11.3 Å². The first kappa shape index (κ1) is 18.4. The second-order valence-corrected chi connectivity index (χ2v) is 6.84. The minimum absolute atomic E-state index is 0.101. The van der Waals surface area contributed by atoms with Crippen molar-refractivity contribution < 1.29 is 18.7 Å². The number of likely N-dealkylation sites (N-methyl/N-ethyl adjacent to an activating group) is 1. The summed E-state index contributed by atoms with van der Waals surface area (Å²) in [6, 6.07) is 9.42. The maximum absolute atomic E-state index is 13.4. The number of hydrogen-bond donors (Lipinski definition) is 0. The number of hydrogen-bond acceptors (Lipinski definition) is 4. The third-order valence-electron chi connectivity index (χ3n) is 3.36. The zero-order valence-electron chi connectivity index (χ0n) is 13.1. The van der Waals surface area contributed by atoms with Crippen LogP contribution in [-0.4, -0.2) is 36.8 Å². The number of Topliss-reactive ketones (excluding diaryl/α,β-unsaturated/α-hetero) is 1. The molecule has 0 saturated carbocycles. The summed E-state index contributed by atoms with van der Waals surface area (Å²) >= 11 is 6.99. The molecule has 0 N–H and O–H groups in total. The van der Waals surface area contributed by atoms with Crippen molar-refractivity contribution in [2.45, 2.75) is 12.8 Å². The van der Waals surface area contributed by atoms with Gasteiger partial charge >= 0.3 is 0 Å². The molecule has 0 radical (unpaired) electrons. The van der Waals surface area contributed by atoms with Crippen LogP contribution in [0.25, 0.3) is 0 Å². The first-order valence-corrected chi connectivity index (χ1v) is 8.56. The van der Waals surface area contributed by atoms with Gasteiger partial charge in [0.1, 0.15) is 6.61 Å². The molecule has 1 amide bonds. The Balaban J connectivity index is 1.72. The van der Waals surface area contributed by atoms with Crippen molar-refractivity contribution in [3.8, 4) is 5.75 Å². The second-order valence-electron chi connectivity index (χ2n) is 5.12. The quantitative estimate of drug-likeness (QED) is 0.660. The van der Waals surface area contributed by atoms with Gasteiger partial charge in [0, 0.05) is 19.9 Å². The molecule has 24 heavy (non-hydrogen) atoms. The number of rotatable bonds is 8. The largest absolute Gasteiger partial charge is 0.489 e. The van der Waals surface area contributed by atoms with Crippen molar-refractivity contribution in [2.24, 2.45) is 0 Å². The highest BCUT2D eigenvalue weighted by atomic mass is 35.5. The number of para-hydroxylation sites is 1. The van der Waals surface area contributed by atoms with E-state index in [1.54, 1.807) is 31.3 Å². The van der Waals surface area contributed by atoms with Gasteiger partial charge in [-0.2, -0.15) is 0 Å². The van der Waals surface area contributed by atoms with Crippen LogP contribution in [0.2, 0.25) is 4.34 Å². The van der Waals surface area contributed by atoms with E-state index in [-0.39, 0.29) is 36.9 Å². The van der Waals surface area contributed by atoms with Crippen molar-refractivity contribution in [1.29, 1.82) is 0 Å². The zero-order chi connectivity index (χ0) is 17.5. The van der Waals surface area contributed by atoms with Crippen LogP contribution in [0, 0.1) is 5.82 Å². The summed E-state index contributed by atoms with van der Waals surface area (Å²) in [6.45, 7) is 0.490. The highest BCUT2D eigenvalue weighted by Crippen LogP contribution is 2.23. The Morgan fingerprint density at radius 3 is 2.62 bits per heavy atom. The van der Waals surface area contributed by atoms with Crippen LogP contribution >= 0.6 is 22.9 Å². The summed E-state index contributed by atoms with van der Waals surface area (Å²) in [5, 5.41) is 0. The van der Waals surface area contributed by atoms with Gasteiger partial charge in [-0.1, -0.05) is 23.7 Å². The predicted octanol–water partition coefficient (Wildman–Crippen LogP) is 4.04. The second kappa shape index (κ2) is 8.80. The van der Waals surface area contributed by atoms with Gasteiger partial charge in [-0.25, -0.2) is 4.39 Å². The van der Waals surface area contributed by atoms with Gasteiger partial charge in [0.2, 0.25) is 5.91 Å². The normalized spacial score (nSPS) is 10.5. The number of halogens is 2. The Morgan fingerprint density at radius 1 is 1.21 bits per heavy atom. The van der Waals surface area contributed by atoms with Crippen LogP contribution in [0.4, 0.5) is 4.39 Å². The van der Waals surface area contributed by atoms with Crippen LogP contribution in [0.15, 0.2) is 36.4 Å². The molecule has 1 aromatic carbocycles. The highest BCUT2D eigenvalue weighted by molar-refractivity contribution is 7.18. The third kappa shape index (κ3) is 5.32. The fourth-order valence-corrected chi connectivity index (χ4v) is 2.99. The molecule has 1 heterocycles. The average molecular weight is 370 g/mol. The van der Waals surface area contributed by atoms with Crippen molar-refractivity contribution in [1.82, 2.24) is 4.90 Å². The van der Waals surface area contributed by atoms with Crippen molar-refractivity contribution >= 4 is 34.6 Å². The lowest BCUT2D eigenvalue weighted by Gasteiger charge is -2.17. The molecule has 0 aliphatic heterocycles. The molecular formula is C17H17ClFNO3S. The number of ether oxygens (including phenoxy) is 1. The molecule has 0 spiro atoms. The van der Waals surface area contributed by atoms with E-state index in [2.05, 4.69) is 0 Å². The van der Waals surface area contributed by atoms with E-state index in [0.29, 0.717) is 15.8 Å². The van der Waals surface area contributed by atoms with Crippen LogP contribution in [0.1, 0.15) is 22.5 Å². The number of nitrogens with zero attached hydrogens (tertiary/aromatic N) is 1. The standard InChI is InChI=1S/C17H17ClFNO3S/c1-20(10-11-23-14-5-3-2-4-12(14)19)17(22)9-6-13(21)15-7-8-16(18)24-15/h2-5,7-8H,6,9-11H2,1H3. The molecule has 2 aromatic rings. The minimum Gasteiger partial charge on any atom is -0.489 e. The molecule has 1 aromatic heterocycles. The number of carbonyl (C=O) groups excluding carboxylic acids is 2. The smallest absolute Gasteiger partial charge is 0.222 e. The van der Waals surface area contributed by atoms with Crippen molar-refractivity contribution in [3.63, 3.8) is 0 Å². The molecule has 0 saturated heterocycles. The Morgan fingerprint density at radius 2 is 1.96 bits per heavy atom. The lowest BCUT2D eigenvalue weighted by Crippen LogP contribution is -2.31. The number of thiophene rings is 1. The summed E-state index contributed by atoms with van der Waals surface area (Å²) in [4.78, 5) is 26.0. The molecule has 0 fully saturated rings. The fraction of sp³-hybridized carbons (Fsp3) is 0.294. The van der Waals surface area contributed by atoms with Gasteiger partial charge in [-0.3, -0.25) is 9.59 Å². The van der Waals surface area contributed by atoms with Gasteiger partial charge in [0.05, 0.1) is 15.8 Å². The number of benzene rings is 1. The number of ketones is 1. The summed E-state index contributed by atoms with van der Waals surface area (Å²) in [7, 11) is 1.62. The zero-order valence-corrected chi connectivity index (χ0v) is 14.7. The average Bonchev–Trinajstić information content (AvgIpc) is 3.00. The topological polar surface area (TPSA) is 46.6 Å². The van der Waals surface area contributed by atoms with Crippen LogP contribution in [0.5, 0.6) is 5.75 Å². The monoisotopic (exact) mass is 369 g/mol. The van der Waals surface area contributed by atoms with Crippen LogP contribution in [-0.2, 0) is 4.79 Å². The fourth-order valence-electron chi connectivity index (χ4n) is 1.98. The molecule has 128 valence electrons. The first-order chi connectivity index (χ1) is 11.5. The Bertz CT molecular complexity index is 719. The highest BCUT2D eigenvalue weighted by Gasteiger charge is 2.14. The summed E-state index contributed by atoms with van der Waals surface area (Å²) in [5.41, 5.74) is 0. The summed E-state index contributed by atoms with van der Waals surface area (Å²) < 4.78 is 19.2. The van der Waals surface area contributed by atoms with E-state index >= 15 is 0 Å². The van der Waals surface area contributed by atoms with Crippen molar-refractivity contribution in [2.75, 3.05) is 20.2 Å². The Labute approximate surface area is 148 Å². The number of carbonyl (C=O) groups is 2. The van der Waals surface area contributed by atoms with Gasteiger partial charge in [0.25, 0.3) is 0 Å². The molecule has 2 rings (SSSR count). The third-order valence-corrected chi connectivity index (χ3v) is 4.63. The molecule has 0 unspecified atom stereocenters. The number of amides is 1. The van der Waals surface area contributed by atoms with Gasteiger partial charge in [0.15, 0.2) is 17.3 Å². The van der Waals surface area contributed by atoms with E-state index in [1.807, 2.05) is 0 Å². The van der Waals surface area contributed by atoms with E-state index in [1.165, 1.54) is 28.4 Å². The Hall–Kier alpha value is -1.92. The van der Waals surface area contributed by atoms with Crippen LogP contribution < -0.4 is 4.74 Å². The Kier molecular flexibility index (Phi) is 6.75. The molecule has 7 heteroatoms. The van der Waals surface area contributed by atoms with E-state index in [9.17, 15) is 14.0 Å². The summed E-state index contributed by atoms with van der Waals surface area (Å²) in [5.74, 6) is -0.547. The lowest BCUT2D eigenvalue weighted by atomic mass is 10.2. The van der Waals surface area contributed by atoms with E-state index in [0.717, 1.165) is 0 Å². The van der Waals surface area contributed by atoms with E-state index in [4.69, 9.17) is 16.3 Å². The summed E-state index contributed by atoms with van der Waals surface area (Å²) in [6.07, 6.45) is 0.249. The van der Waals surface area contributed by atoms with E-state index < -0.39 is 5.82 Å². The SMILES string of the molecule is CN(CCOc1ccccc1F)C(=O)CCC(=O)c1ccc(Cl)s1. The lowest BCUT2D eigenvalue weighted by molar-refractivity contribution is -0.130. The molecule has 0 aliphatic rings. The molecule has 0 atom stereocenters.